The van der Waals surface area contributed by atoms with Crippen LogP contribution in [0.5, 0.6) is 0 Å². The van der Waals surface area contributed by atoms with Crippen LogP contribution in [0.2, 0.25) is 0 Å². The SMILES string of the molecule is C[C@H]1C[C@@H](N(C(=O)/C=C/c2ccccc2)c2ccccc2)c2ccccc2N1. The summed E-state index contributed by atoms with van der Waals surface area (Å²) in [5.41, 5.74) is 4.19. The predicted octanol–water partition coefficient (Wildman–Crippen LogP) is 5.68. The maximum Gasteiger partial charge on any atom is 0.251 e. The highest BCUT2D eigenvalue weighted by Crippen LogP contribution is 2.39. The molecule has 0 saturated carbocycles. The molecule has 140 valence electrons. The number of hydrogen-bond acceptors (Lipinski definition) is 2. The summed E-state index contributed by atoms with van der Waals surface area (Å²) in [4.78, 5) is 15.3. The lowest BCUT2D eigenvalue weighted by molar-refractivity contribution is -0.114. The molecule has 3 heteroatoms. The van der Waals surface area contributed by atoms with E-state index in [1.54, 1.807) is 6.08 Å². The zero-order chi connectivity index (χ0) is 19.3. The van der Waals surface area contributed by atoms with Crippen molar-refractivity contribution in [2.24, 2.45) is 0 Å². The predicted molar refractivity (Wildman–Crippen MR) is 116 cm³/mol. The molecule has 0 bridgehead atoms. The Balaban J connectivity index is 1.73. The van der Waals surface area contributed by atoms with Gasteiger partial charge in [0.25, 0.3) is 5.91 Å². The fraction of sp³-hybridized carbons (Fsp3) is 0.160. The molecule has 0 aliphatic carbocycles. The normalized spacial score (nSPS) is 18.3. The van der Waals surface area contributed by atoms with E-state index in [4.69, 9.17) is 0 Å². The van der Waals surface area contributed by atoms with Crippen LogP contribution in [-0.4, -0.2) is 11.9 Å². The largest absolute Gasteiger partial charge is 0.382 e. The molecule has 3 aromatic rings. The quantitative estimate of drug-likeness (QED) is 0.601. The highest BCUT2D eigenvalue weighted by molar-refractivity contribution is 6.04. The van der Waals surface area contributed by atoms with Crippen LogP contribution in [0.25, 0.3) is 6.08 Å². The standard InChI is InChI=1S/C25H24N2O/c1-19-18-24(22-14-8-9-15-23(22)26-19)27(21-12-6-3-7-13-21)25(28)17-16-20-10-4-2-5-11-20/h2-17,19,24,26H,18H2,1H3/b17-16+/t19-,24+/m0/s1. The average molecular weight is 368 g/mol. The van der Waals surface area contributed by atoms with E-state index in [0.29, 0.717) is 0 Å². The minimum absolute atomic E-state index is 0.0102. The number of carbonyl (C=O) groups is 1. The number of benzene rings is 3. The summed E-state index contributed by atoms with van der Waals surface area (Å²) in [7, 11) is 0. The second-order valence-corrected chi connectivity index (χ2v) is 7.17. The topological polar surface area (TPSA) is 32.3 Å². The molecule has 2 atom stereocenters. The van der Waals surface area contributed by atoms with Crippen molar-refractivity contribution in [2.75, 3.05) is 10.2 Å². The van der Waals surface area contributed by atoms with Gasteiger partial charge in [-0.25, -0.2) is 0 Å². The number of hydrogen-bond donors (Lipinski definition) is 1. The molecule has 1 heterocycles. The molecule has 3 aromatic carbocycles. The van der Waals surface area contributed by atoms with E-state index in [9.17, 15) is 4.79 Å². The first-order chi connectivity index (χ1) is 13.7. The maximum atomic E-state index is 13.4. The van der Waals surface area contributed by atoms with Gasteiger partial charge in [-0.05, 0) is 48.7 Å². The molecule has 0 unspecified atom stereocenters. The molecule has 1 aliphatic heterocycles. The highest BCUT2D eigenvalue weighted by atomic mass is 16.2. The second-order valence-electron chi connectivity index (χ2n) is 7.17. The molecule has 0 spiro atoms. The van der Waals surface area contributed by atoms with Crippen molar-refractivity contribution < 1.29 is 4.79 Å². The monoisotopic (exact) mass is 368 g/mol. The summed E-state index contributed by atoms with van der Waals surface area (Å²) >= 11 is 0. The molecule has 0 radical (unpaired) electrons. The summed E-state index contributed by atoms with van der Waals surface area (Å²) in [6.07, 6.45) is 4.42. The number of nitrogens with one attached hydrogen (secondary N) is 1. The van der Waals surface area contributed by atoms with Crippen molar-refractivity contribution in [3.8, 4) is 0 Å². The van der Waals surface area contributed by atoms with E-state index in [2.05, 4.69) is 24.4 Å². The van der Waals surface area contributed by atoms with Crippen molar-refractivity contribution >= 4 is 23.4 Å². The van der Waals surface area contributed by atoms with Gasteiger partial charge in [-0.1, -0.05) is 66.7 Å². The van der Waals surface area contributed by atoms with Crippen LogP contribution in [0.15, 0.2) is 91.0 Å². The number of anilines is 2. The zero-order valence-corrected chi connectivity index (χ0v) is 16.0. The van der Waals surface area contributed by atoms with Gasteiger partial charge < -0.3 is 10.2 Å². The van der Waals surface area contributed by atoms with Gasteiger partial charge in [0.2, 0.25) is 0 Å². The lowest BCUT2D eigenvalue weighted by Crippen LogP contribution is -2.39. The van der Waals surface area contributed by atoms with Crippen LogP contribution in [0.3, 0.4) is 0 Å². The molecule has 0 fully saturated rings. The molecule has 1 amide bonds. The Labute approximate surface area is 166 Å². The number of carbonyl (C=O) groups excluding carboxylic acids is 1. The third kappa shape index (κ3) is 3.84. The maximum absolute atomic E-state index is 13.4. The number of amides is 1. The number of rotatable bonds is 4. The van der Waals surface area contributed by atoms with Crippen LogP contribution in [-0.2, 0) is 4.79 Å². The molecular weight excluding hydrogens is 344 g/mol. The third-order valence-corrected chi connectivity index (χ3v) is 5.10. The van der Waals surface area contributed by atoms with Gasteiger partial charge in [-0.15, -0.1) is 0 Å². The lowest BCUT2D eigenvalue weighted by Gasteiger charge is -2.38. The molecule has 3 nitrogen and oxygen atoms in total. The fourth-order valence-electron chi connectivity index (χ4n) is 3.81. The Morgan fingerprint density at radius 1 is 0.929 bits per heavy atom. The molecule has 28 heavy (non-hydrogen) atoms. The summed E-state index contributed by atoms with van der Waals surface area (Å²) in [6.45, 7) is 2.16. The number of fused-ring (bicyclic) bond motifs is 1. The van der Waals surface area contributed by atoms with Crippen molar-refractivity contribution in [3.05, 3.63) is 102 Å². The summed E-state index contributed by atoms with van der Waals surface area (Å²) < 4.78 is 0. The molecule has 1 aliphatic rings. The van der Waals surface area contributed by atoms with Crippen LogP contribution in [0.4, 0.5) is 11.4 Å². The number of para-hydroxylation sites is 2. The summed E-state index contributed by atoms with van der Waals surface area (Å²) in [5.74, 6) is -0.0102. The molecule has 1 N–H and O–H groups in total. The lowest BCUT2D eigenvalue weighted by atomic mass is 9.91. The Kier molecular flexibility index (Phi) is 5.24. The first-order valence-electron chi connectivity index (χ1n) is 9.69. The van der Waals surface area contributed by atoms with E-state index < -0.39 is 0 Å². The molecule has 0 aromatic heterocycles. The van der Waals surface area contributed by atoms with Crippen molar-refractivity contribution in [1.82, 2.24) is 0 Å². The van der Waals surface area contributed by atoms with Crippen LogP contribution >= 0.6 is 0 Å². The third-order valence-electron chi connectivity index (χ3n) is 5.10. The van der Waals surface area contributed by atoms with E-state index in [1.807, 2.05) is 83.8 Å². The molecule has 0 saturated heterocycles. The Morgan fingerprint density at radius 3 is 2.32 bits per heavy atom. The van der Waals surface area contributed by atoms with Crippen molar-refractivity contribution in [2.45, 2.75) is 25.4 Å². The Hall–Kier alpha value is -3.33. The minimum atomic E-state index is -0.0113. The van der Waals surface area contributed by atoms with E-state index in [-0.39, 0.29) is 18.0 Å². The molecular formula is C25H24N2O. The van der Waals surface area contributed by atoms with E-state index in [1.165, 1.54) is 0 Å². The Morgan fingerprint density at radius 2 is 1.57 bits per heavy atom. The summed E-state index contributed by atoms with van der Waals surface area (Å²) in [6, 6.07) is 28.4. The van der Waals surface area contributed by atoms with Gasteiger partial charge in [0.15, 0.2) is 0 Å². The Bertz CT molecular complexity index is 966. The van der Waals surface area contributed by atoms with E-state index >= 15 is 0 Å². The van der Waals surface area contributed by atoms with Crippen LogP contribution in [0, 0.1) is 0 Å². The van der Waals surface area contributed by atoms with Gasteiger partial charge in [0, 0.05) is 23.5 Å². The van der Waals surface area contributed by atoms with Gasteiger partial charge >= 0.3 is 0 Å². The fourth-order valence-corrected chi connectivity index (χ4v) is 3.81. The van der Waals surface area contributed by atoms with Crippen molar-refractivity contribution in [3.63, 3.8) is 0 Å². The van der Waals surface area contributed by atoms with Crippen LogP contribution < -0.4 is 10.2 Å². The van der Waals surface area contributed by atoms with Gasteiger partial charge in [-0.3, -0.25) is 4.79 Å². The van der Waals surface area contributed by atoms with E-state index in [0.717, 1.165) is 28.9 Å². The zero-order valence-electron chi connectivity index (χ0n) is 16.0. The molecule has 4 rings (SSSR count). The smallest absolute Gasteiger partial charge is 0.251 e. The first kappa shape index (κ1) is 18.1. The second kappa shape index (κ2) is 8.13. The van der Waals surface area contributed by atoms with Crippen LogP contribution in [0.1, 0.15) is 30.5 Å². The number of nitrogens with zero attached hydrogens (tertiary/aromatic N) is 1. The van der Waals surface area contributed by atoms with Gasteiger partial charge in [0.05, 0.1) is 6.04 Å². The summed E-state index contributed by atoms with van der Waals surface area (Å²) in [5, 5.41) is 3.54. The minimum Gasteiger partial charge on any atom is -0.382 e. The first-order valence-corrected chi connectivity index (χ1v) is 9.69. The van der Waals surface area contributed by atoms with Gasteiger partial charge in [0.1, 0.15) is 0 Å². The average Bonchev–Trinajstić information content (AvgIpc) is 2.74. The van der Waals surface area contributed by atoms with Gasteiger partial charge in [-0.2, -0.15) is 0 Å². The highest BCUT2D eigenvalue weighted by Gasteiger charge is 2.31. The van der Waals surface area contributed by atoms with Crippen molar-refractivity contribution in [1.29, 1.82) is 0 Å².